The fourth-order valence-electron chi connectivity index (χ4n) is 2.57. The average molecular weight is 244 g/mol. The van der Waals surface area contributed by atoms with E-state index in [0.717, 1.165) is 24.2 Å². The maximum absolute atomic E-state index is 6.04. The SMILES string of the molecule is CC1(C)C=C(C2=CC(C)(C)C(N)=CC2)CC=C1N. The molecule has 0 radical (unpaired) electrons. The van der Waals surface area contributed by atoms with Crippen LogP contribution in [0, 0.1) is 10.8 Å². The summed E-state index contributed by atoms with van der Waals surface area (Å²) in [5.41, 5.74) is 16.7. The zero-order valence-electron chi connectivity index (χ0n) is 11.9. The van der Waals surface area contributed by atoms with E-state index in [-0.39, 0.29) is 10.8 Å². The van der Waals surface area contributed by atoms with Crippen molar-refractivity contribution < 1.29 is 0 Å². The van der Waals surface area contributed by atoms with Crippen molar-refractivity contribution in [2.24, 2.45) is 22.3 Å². The second kappa shape index (κ2) is 4.04. The molecule has 2 aliphatic rings. The van der Waals surface area contributed by atoms with Gasteiger partial charge in [-0.15, -0.1) is 0 Å². The lowest BCUT2D eigenvalue weighted by atomic mass is 9.75. The van der Waals surface area contributed by atoms with Crippen LogP contribution < -0.4 is 11.5 Å². The Hall–Kier alpha value is -1.44. The third kappa shape index (κ3) is 2.24. The van der Waals surface area contributed by atoms with E-state index in [9.17, 15) is 0 Å². The van der Waals surface area contributed by atoms with Gasteiger partial charge in [0, 0.05) is 22.2 Å². The number of rotatable bonds is 1. The lowest BCUT2D eigenvalue weighted by molar-refractivity contribution is 0.542. The lowest BCUT2D eigenvalue weighted by Gasteiger charge is -2.32. The predicted molar refractivity (Wildman–Crippen MR) is 77.5 cm³/mol. The standard InChI is InChI=1S/C16H24N2/c1-15(2)9-11(5-7-13(15)17)12-6-8-14(18)16(3,4)10-12/h7-10H,5-6,17-18H2,1-4H3. The summed E-state index contributed by atoms with van der Waals surface area (Å²) in [4.78, 5) is 0. The van der Waals surface area contributed by atoms with Crippen LogP contribution >= 0.6 is 0 Å². The van der Waals surface area contributed by atoms with E-state index in [0.29, 0.717) is 0 Å². The van der Waals surface area contributed by atoms with Crippen molar-refractivity contribution in [3.05, 3.63) is 46.8 Å². The van der Waals surface area contributed by atoms with Crippen molar-refractivity contribution in [3.63, 3.8) is 0 Å². The second-order valence-corrected chi connectivity index (χ2v) is 6.51. The molecule has 2 rings (SSSR count). The minimum absolute atomic E-state index is 0.0364. The monoisotopic (exact) mass is 244 g/mol. The quantitative estimate of drug-likeness (QED) is 0.743. The summed E-state index contributed by atoms with van der Waals surface area (Å²) in [5.74, 6) is 0. The highest BCUT2D eigenvalue weighted by molar-refractivity contribution is 5.45. The molecule has 0 aliphatic heterocycles. The topological polar surface area (TPSA) is 52.0 Å². The lowest BCUT2D eigenvalue weighted by Crippen LogP contribution is -2.25. The smallest absolute Gasteiger partial charge is 0.0224 e. The normalized spacial score (nSPS) is 25.8. The highest BCUT2D eigenvalue weighted by Crippen LogP contribution is 2.39. The van der Waals surface area contributed by atoms with Crippen LogP contribution in [0.25, 0.3) is 0 Å². The molecular formula is C16H24N2. The predicted octanol–water partition coefficient (Wildman–Crippen LogP) is 3.38. The summed E-state index contributed by atoms with van der Waals surface area (Å²) in [6.45, 7) is 8.65. The molecule has 2 heteroatoms. The van der Waals surface area contributed by atoms with Crippen molar-refractivity contribution in [2.45, 2.75) is 40.5 Å². The van der Waals surface area contributed by atoms with Crippen LogP contribution in [0.15, 0.2) is 46.8 Å². The van der Waals surface area contributed by atoms with Gasteiger partial charge >= 0.3 is 0 Å². The van der Waals surface area contributed by atoms with E-state index in [1.165, 1.54) is 11.1 Å². The fourth-order valence-corrected chi connectivity index (χ4v) is 2.57. The molecule has 0 amide bonds. The molecule has 0 aromatic rings. The Balaban J connectivity index is 2.31. The maximum atomic E-state index is 6.04. The largest absolute Gasteiger partial charge is 0.402 e. The Labute approximate surface area is 110 Å². The van der Waals surface area contributed by atoms with Crippen LogP contribution in [0.1, 0.15) is 40.5 Å². The first kappa shape index (κ1) is 13.0. The van der Waals surface area contributed by atoms with Gasteiger partial charge in [-0.25, -0.2) is 0 Å². The van der Waals surface area contributed by atoms with Gasteiger partial charge in [0.05, 0.1) is 0 Å². The van der Waals surface area contributed by atoms with Gasteiger partial charge in [-0.05, 0) is 24.0 Å². The van der Waals surface area contributed by atoms with Crippen LogP contribution in [0.5, 0.6) is 0 Å². The highest BCUT2D eigenvalue weighted by Gasteiger charge is 2.27. The van der Waals surface area contributed by atoms with Gasteiger partial charge in [0.25, 0.3) is 0 Å². The third-order valence-corrected chi connectivity index (χ3v) is 4.05. The summed E-state index contributed by atoms with van der Waals surface area (Å²) in [7, 11) is 0. The molecule has 0 unspecified atom stereocenters. The van der Waals surface area contributed by atoms with E-state index in [2.05, 4.69) is 52.0 Å². The third-order valence-electron chi connectivity index (χ3n) is 4.05. The van der Waals surface area contributed by atoms with Crippen LogP contribution in [0.4, 0.5) is 0 Å². The Bertz CT molecular complexity index is 439. The minimum atomic E-state index is -0.0364. The molecule has 0 heterocycles. The molecule has 0 saturated carbocycles. The average Bonchev–Trinajstić information content (AvgIpc) is 2.26. The molecule has 18 heavy (non-hydrogen) atoms. The molecule has 0 atom stereocenters. The molecule has 0 spiro atoms. The van der Waals surface area contributed by atoms with Crippen LogP contribution in [-0.2, 0) is 0 Å². The first-order valence-electron chi connectivity index (χ1n) is 6.58. The van der Waals surface area contributed by atoms with Crippen LogP contribution in [0.2, 0.25) is 0 Å². The molecular weight excluding hydrogens is 220 g/mol. The zero-order chi connectivity index (χ0) is 13.6. The molecule has 98 valence electrons. The molecule has 0 aromatic heterocycles. The Morgan fingerprint density at radius 1 is 0.778 bits per heavy atom. The van der Waals surface area contributed by atoms with Crippen molar-refractivity contribution in [1.82, 2.24) is 0 Å². The van der Waals surface area contributed by atoms with E-state index >= 15 is 0 Å². The van der Waals surface area contributed by atoms with Crippen LogP contribution in [-0.4, -0.2) is 0 Å². The van der Waals surface area contributed by atoms with Crippen LogP contribution in [0.3, 0.4) is 0 Å². The fraction of sp³-hybridized carbons (Fsp3) is 0.500. The maximum Gasteiger partial charge on any atom is 0.0224 e. The van der Waals surface area contributed by atoms with Crippen molar-refractivity contribution in [3.8, 4) is 0 Å². The number of hydrogen-bond donors (Lipinski definition) is 2. The van der Waals surface area contributed by atoms with Gasteiger partial charge in [0.2, 0.25) is 0 Å². The second-order valence-electron chi connectivity index (χ2n) is 6.51. The summed E-state index contributed by atoms with van der Waals surface area (Å²) in [5, 5.41) is 0. The summed E-state index contributed by atoms with van der Waals surface area (Å²) >= 11 is 0. The van der Waals surface area contributed by atoms with Gasteiger partial charge in [-0.3, -0.25) is 0 Å². The molecule has 0 aromatic carbocycles. The first-order valence-corrected chi connectivity index (χ1v) is 6.58. The highest BCUT2D eigenvalue weighted by atomic mass is 14.6. The van der Waals surface area contributed by atoms with E-state index in [4.69, 9.17) is 11.5 Å². The van der Waals surface area contributed by atoms with Gasteiger partial charge in [-0.2, -0.15) is 0 Å². The Morgan fingerprint density at radius 3 is 1.39 bits per heavy atom. The number of nitrogens with two attached hydrogens (primary N) is 2. The molecule has 0 saturated heterocycles. The zero-order valence-corrected chi connectivity index (χ0v) is 11.9. The molecule has 0 fully saturated rings. The molecule has 2 aliphatic carbocycles. The van der Waals surface area contributed by atoms with E-state index < -0.39 is 0 Å². The van der Waals surface area contributed by atoms with Gasteiger partial charge in [-0.1, -0.05) is 52.0 Å². The van der Waals surface area contributed by atoms with E-state index in [1.54, 1.807) is 0 Å². The van der Waals surface area contributed by atoms with Gasteiger partial charge in [0.1, 0.15) is 0 Å². The molecule has 2 nitrogen and oxygen atoms in total. The Kier molecular flexibility index (Phi) is 2.92. The molecule has 0 bridgehead atoms. The summed E-state index contributed by atoms with van der Waals surface area (Å²) < 4.78 is 0. The first-order chi connectivity index (χ1) is 8.22. The number of hydrogen-bond acceptors (Lipinski definition) is 2. The van der Waals surface area contributed by atoms with E-state index in [1.807, 2.05) is 0 Å². The van der Waals surface area contributed by atoms with Gasteiger partial charge in [0.15, 0.2) is 0 Å². The number of allylic oxidation sites excluding steroid dienone is 6. The summed E-state index contributed by atoms with van der Waals surface area (Å²) in [6.07, 6.45) is 10.8. The minimum Gasteiger partial charge on any atom is -0.402 e. The summed E-state index contributed by atoms with van der Waals surface area (Å²) in [6, 6.07) is 0. The van der Waals surface area contributed by atoms with Crippen molar-refractivity contribution in [2.75, 3.05) is 0 Å². The van der Waals surface area contributed by atoms with Crippen molar-refractivity contribution >= 4 is 0 Å². The Morgan fingerprint density at radius 2 is 1.11 bits per heavy atom. The molecule has 4 N–H and O–H groups in total. The van der Waals surface area contributed by atoms with Crippen molar-refractivity contribution in [1.29, 1.82) is 0 Å². The van der Waals surface area contributed by atoms with Gasteiger partial charge < -0.3 is 11.5 Å².